The second kappa shape index (κ2) is 8.23. The zero-order valence-corrected chi connectivity index (χ0v) is 19.5. The summed E-state index contributed by atoms with van der Waals surface area (Å²) >= 11 is 1.52. The van der Waals surface area contributed by atoms with Gasteiger partial charge in [-0.2, -0.15) is 10.1 Å². The number of nitrogens with zero attached hydrogens (tertiary/aromatic N) is 5. The lowest BCUT2D eigenvalue weighted by Gasteiger charge is -2.13. The minimum atomic E-state index is -0.443. The Morgan fingerprint density at radius 2 is 2.03 bits per heavy atom. The lowest BCUT2D eigenvalue weighted by Crippen LogP contribution is -2.06. The third-order valence-corrected chi connectivity index (χ3v) is 6.38. The lowest BCUT2D eigenvalue weighted by molar-refractivity contribution is -0.385. The maximum Gasteiger partial charge on any atom is 0.279 e. The van der Waals surface area contributed by atoms with Gasteiger partial charge in [0, 0.05) is 11.5 Å². The third-order valence-electron chi connectivity index (χ3n) is 5.48. The van der Waals surface area contributed by atoms with Crippen molar-refractivity contribution in [3.05, 3.63) is 75.8 Å². The molecule has 1 N–H and O–H groups in total. The van der Waals surface area contributed by atoms with E-state index in [0.29, 0.717) is 28.4 Å². The molecule has 3 aromatic heterocycles. The molecule has 0 aliphatic rings. The molecule has 170 valence electrons. The third kappa shape index (κ3) is 3.54. The van der Waals surface area contributed by atoms with Crippen LogP contribution in [0.2, 0.25) is 0 Å². The fourth-order valence-corrected chi connectivity index (χ4v) is 4.68. The van der Waals surface area contributed by atoms with E-state index in [1.807, 2.05) is 42.6 Å². The molecule has 0 radical (unpaired) electrons. The largest absolute Gasteiger partial charge is 0.495 e. The number of thiophene rings is 1. The van der Waals surface area contributed by atoms with Crippen molar-refractivity contribution in [2.45, 2.75) is 13.8 Å². The number of benzene rings is 2. The molecule has 5 rings (SSSR count). The van der Waals surface area contributed by atoms with Crippen molar-refractivity contribution in [3.8, 4) is 11.6 Å². The highest BCUT2D eigenvalue weighted by Gasteiger charge is 2.21. The quantitative estimate of drug-likeness (QED) is 0.237. The molecule has 0 atom stereocenters. The molecule has 0 bridgehead atoms. The summed E-state index contributed by atoms with van der Waals surface area (Å²) in [6.45, 7) is 7.51. The summed E-state index contributed by atoms with van der Waals surface area (Å²) in [5, 5.41) is 22.5. The fourth-order valence-electron chi connectivity index (χ4n) is 3.88. The van der Waals surface area contributed by atoms with Crippen LogP contribution in [-0.2, 0) is 0 Å². The zero-order valence-electron chi connectivity index (χ0n) is 18.7. The number of hydrogen-bond acceptors (Lipinski definition) is 8. The summed E-state index contributed by atoms with van der Waals surface area (Å²) in [5.74, 6) is 1.31. The number of allylic oxidation sites excluding steroid dienone is 1. The molecule has 3 heterocycles. The summed E-state index contributed by atoms with van der Waals surface area (Å²) in [4.78, 5) is 20.6. The Kier molecular flexibility index (Phi) is 5.21. The molecular formula is C24H20N6O3S. The number of nitro benzene ring substituents is 1. The van der Waals surface area contributed by atoms with Gasteiger partial charge in [-0.3, -0.25) is 10.1 Å². The Labute approximate surface area is 198 Å². The first-order valence-corrected chi connectivity index (χ1v) is 11.2. The van der Waals surface area contributed by atoms with Crippen molar-refractivity contribution in [2.24, 2.45) is 0 Å². The number of para-hydroxylation sites is 1. The Morgan fingerprint density at radius 3 is 2.76 bits per heavy atom. The van der Waals surface area contributed by atoms with Crippen LogP contribution >= 0.6 is 11.3 Å². The molecule has 0 saturated heterocycles. The van der Waals surface area contributed by atoms with Gasteiger partial charge < -0.3 is 10.1 Å². The minimum absolute atomic E-state index is 0.0821. The average molecular weight is 473 g/mol. The van der Waals surface area contributed by atoms with E-state index in [1.165, 1.54) is 24.5 Å². The van der Waals surface area contributed by atoms with Crippen molar-refractivity contribution >= 4 is 55.4 Å². The van der Waals surface area contributed by atoms with Gasteiger partial charge in [0.15, 0.2) is 5.82 Å². The number of aromatic nitrogens is 4. The number of ether oxygens (including phenoxy) is 1. The van der Waals surface area contributed by atoms with Crippen molar-refractivity contribution in [1.29, 1.82) is 0 Å². The highest BCUT2D eigenvalue weighted by atomic mass is 32.1. The zero-order chi connectivity index (χ0) is 24.0. The molecule has 10 heteroatoms. The summed E-state index contributed by atoms with van der Waals surface area (Å²) in [6.07, 6.45) is 0. The lowest BCUT2D eigenvalue weighted by atomic mass is 10.1. The maximum absolute atomic E-state index is 11.7. The number of anilines is 2. The molecule has 0 fully saturated rings. The monoisotopic (exact) mass is 472 g/mol. The van der Waals surface area contributed by atoms with Crippen LogP contribution in [0.5, 0.6) is 5.75 Å². The number of nitrogens with one attached hydrogen (secondary N) is 1. The molecule has 0 saturated carbocycles. The molecule has 9 nitrogen and oxygen atoms in total. The SMILES string of the molecule is C=C(C)c1cc(OC)c(Nc2nc(-n3nc(C)c4ccccc43)c3sccc3n2)cc1[N+](=O)[O-]. The van der Waals surface area contributed by atoms with Gasteiger partial charge in [0.1, 0.15) is 5.75 Å². The average Bonchev–Trinajstić information content (AvgIpc) is 3.43. The molecule has 0 aliphatic carbocycles. The van der Waals surface area contributed by atoms with Gasteiger partial charge in [0.2, 0.25) is 5.95 Å². The highest BCUT2D eigenvalue weighted by Crippen LogP contribution is 2.37. The van der Waals surface area contributed by atoms with E-state index in [0.717, 1.165) is 26.8 Å². The molecular weight excluding hydrogens is 452 g/mol. The van der Waals surface area contributed by atoms with Gasteiger partial charge in [0.25, 0.3) is 5.69 Å². The number of rotatable bonds is 6. The van der Waals surface area contributed by atoms with Crippen molar-refractivity contribution in [2.75, 3.05) is 12.4 Å². The smallest absolute Gasteiger partial charge is 0.279 e. The number of methoxy groups -OCH3 is 1. The molecule has 0 spiro atoms. The number of fused-ring (bicyclic) bond motifs is 2. The molecule has 34 heavy (non-hydrogen) atoms. The summed E-state index contributed by atoms with van der Waals surface area (Å²) in [7, 11) is 1.50. The van der Waals surface area contributed by atoms with Crippen molar-refractivity contribution < 1.29 is 9.66 Å². The predicted molar refractivity (Wildman–Crippen MR) is 134 cm³/mol. The van der Waals surface area contributed by atoms with Gasteiger partial charge in [-0.15, -0.1) is 11.3 Å². The van der Waals surface area contributed by atoms with E-state index in [2.05, 4.69) is 16.9 Å². The second-order valence-corrected chi connectivity index (χ2v) is 8.67. The van der Waals surface area contributed by atoms with Crippen LogP contribution in [-0.4, -0.2) is 31.8 Å². The van der Waals surface area contributed by atoms with Gasteiger partial charge in [-0.05, 0) is 43.0 Å². The first-order chi connectivity index (χ1) is 16.4. The number of aryl methyl sites for hydroxylation is 1. The summed E-state index contributed by atoms with van der Waals surface area (Å²) < 4.78 is 8.18. The van der Waals surface area contributed by atoms with E-state index in [9.17, 15) is 10.1 Å². The van der Waals surface area contributed by atoms with E-state index in [-0.39, 0.29) is 11.6 Å². The topological polar surface area (TPSA) is 108 Å². The Balaban J connectivity index is 1.68. The molecule has 0 amide bonds. The van der Waals surface area contributed by atoms with Crippen molar-refractivity contribution in [1.82, 2.24) is 19.7 Å². The highest BCUT2D eigenvalue weighted by molar-refractivity contribution is 7.17. The van der Waals surface area contributed by atoms with Crippen LogP contribution < -0.4 is 10.1 Å². The van der Waals surface area contributed by atoms with Crippen LogP contribution in [0.1, 0.15) is 18.2 Å². The van der Waals surface area contributed by atoms with Crippen LogP contribution in [0.15, 0.2) is 54.4 Å². The van der Waals surface area contributed by atoms with Crippen LogP contribution in [0.3, 0.4) is 0 Å². The minimum Gasteiger partial charge on any atom is -0.495 e. The number of hydrogen-bond donors (Lipinski definition) is 1. The van der Waals surface area contributed by atoms with E-state index < -0.39 is 4.92 Å². The second-order valence-electron chi connectivity index (χ2n) is 7.75. The van der Waals surface area contributed by atoms with Gasteiger partial charge in [-0.1, -0.05) is 24.8 Å². The van der Waals surface area contributed by atoms with Crippen LogP contribution in [0.25, 0.3) is 32.5 Å². The maximum atomic E-state index is 11.7. The van der Waals surface area contributed by atoms with Gasteiger partial charge in [-0.25, -0.2) is 9.67 Å². The van der Waals surface area contributed by atoms with E-state index in [1.54, 1.807) is 17.7 Å². The van der Waals surface area contributed by atoms with E-state index in [4.69, 9.17) is 14.8 Å². The van der Waals surface area contributed by atoms with Gasteiger partial charge >= 0.3 is 0 Å². The van der Waals surface area contributed by atoms with Crippen LogP contribution in [0, 0.1) is 17.0 Å². The fraction of sp³-hybridized carbons (Fsp3) is 0.125. The molecule has 0 aliphatic heterocycles. The predicted octanol–water partition coefficient (Wildman–Crippen LogP) is 6.03. The first kappa shape index (κ1) is 21.5. The standard InChI is InChI=1S/C24H20N6O3S/c1-13(2)16-11-21(33-4)18(12-20(16)30(31)32)26-24-25-17-9-10-34-22(17)23(27-24)29-19-8-6-5-7-15(19)14(3)28-29/h5-12H,1H2,2-4H3,(H,25,26,27). The summed E-state index contributed by atoms with van der Waals surface area (Å²) in [6, 6.07) is 12.9. The Hall–Kier alpha value is -4.31. The Morgan fingerprint density at radius 1 is 1.24 bits per heavy atom. The normalized spacial score (nSPS) is 11.1. The summed E-state index contributed by atoms with van der Waals surface area (Å²) in [5.41, 5.74) is 3.82. The first-order valence-electron chi connectivity index (χ1n) is 10.4. The molecule has 0 unspecified atom stereocenters. The van der Waals surface area contributed by atoms with Crippen LogP contribution in [0.4, 0.5) is 17.3 Å². The van der Waals surface area contributed by atoms with Crippen molar-refractivity contribution in [3.63, 3.8) is 0 Å². The van der Waals surface area contributed by atoms with E-state index >= 15 is 0 Å². The van der Waals surface area contributed by atoms with Gasteiger partial charge in [0.05, 0.1) is 44.7 Å². The molecule has 5 aromatic rings. The Bertz CT molecular complexity index is 1600. The number of nitro groups is 1. The molecule has 2 aromatic carbocycles.